The van der Waals surface area contributed by atoms with Gasteiger partial charge < -0.3 is 19.3 Å². The Kier molecular flexibility index (Phi) is 4.35. The lowest BCUT2D eigenvalue weighted by atomic mass is 9.78. The Morgan fingerprint density at radius 2 is 1.88 bits per heavy atom. The number of ether oxygens (including phenoxy) is 3. The fourth-order valence-corrected chi connectivity index (χ4v) is 3.88. The smallest absolute Gasteiger partial charge is 0.213 e. The summed E-state index contributed by atoms with van der Waals surface area (Å²) in [5, 5.41) is 11.0. The minimum absolute atomic E-state index is 0.440. The second kappa shape index (κ2) is 6.52. The summed E-state index contributed by atoms with van der Waals surface area (Å²) in [6.45, 7) is 1.32. The number of fused-ring (bicyclic) bond motifs is 1. The van der Waals surface area contributed by atoms with Gasteiger partial charge in [0, 0.05) is 25.1 Å². The van der Waals surface area contributed by atoms with Gasteiger partial charge in [0.15, 0.2) is 5.79 Å². The van der Waals surface area contributed by atoms with Crippen LogP contribution in [-0.2, 0) is 15.9 Å². The van der Waals surface area contributed by atoms with Crippen molar-refractivity contribution in [2.75, 3.05) is 20.3 Å². The molecular formula is C19H24N2O4. The minimum Gasteiger partial charge on any atom is -0.481 e. The van der Waals surface area contributed by atoms with Gasteiger partial charge in [-0.3, -0.25) is 4.98 Å². The molecule has 6 nitrogen and oxygen atoms in total. The molecule has 0 bridgehead atoms. The number of aliphatic hydroxyl groups is 1. The van der Waals surface area contributed by atoms with Crippen LogP contribution < -0.4 is 4.74 Å². The van der Waals surface area contributed by atoms with Crippen molar-refractivity contribution in [3.63, 3.8) is 0 Å². The standard InChI is InChI=1S/C19H24N2O4/c1-23-16-3-2-15-17(21-16)14(5-11-20-15)4-6-18(22)7-9-19(10-8-18)24-12-13-25-19/h2-3,5,11,22H,4,6-10,12-13H2,1H3. The summed E-state index contributed by atoms with van der Waals surface area (Å²) in [5.41, 5.74) is 2.11. The molecule has 0 atom stereocenters. The van der Waals surface area contributed by atoms with E-state index in [4.69, 9.17) is 14.2 Å². The second-order valence-electron chi connectivity index (χ2n) is 7.02. The molecule has 2 aromatic rings. The van der Waals surface area contributed by atoms with Crippen molar-refractivity contribution in [3.05, 3.63) is 30.0 Å². The van der Waals surface area contributed by atoms with Gasteiger partial charge in [0.05, 0.1) is 37.0 Å². The van der Waals surface area contributed by atoms with Crippen LogP contribution in [0.1, 0.15) is 37.7 Å². The maximum Gasteiger partial charge on any atom is 0.213 e. The average molecular weight is 344 g/mol. The molecule has 0 radical (unpaired) electrons. The van der Waals surface area contributed by atoms with Gasteiger partial charge in [-0.2, -0.15) is 0 Å². The largest absolute Gasteiger partial charge is 0.481 e. The molecule has 1 saturated carbocycles. The molecule has 4 rings (SSSR count). The van der Waals surface area contributed by atoms with Crippen LogP contribution in [-0.4, -0.2) is 46.8 Å². The van der Waals surface area contributed by atoms with Crippen LogP contribution in [0.4, 0.5) is 0 Å². The summed E-state index contributed by atoms with van der Waals surface area (Å²) >= 11 is 0. The van der Waals surface area contributed by atoms with Crippen molar-refractivity contribution < 1.29 is 19.3 Å². The van der Waals surface area contributed by atoms with Crippen LogP contribution >= 0.6 is 0 Å². The Morgan fingerprint density at radius 1 is 1.12 bits per heavy atom. The third-order valence-corrected chi connectivity index (χ3v) is 5.47. The highest BCUT2D eigenvalue weighted by Gasteiger charge is 2.45. The van der Waals surface area contributed by atoms with Gasteiger partial charge in [-0.25, -0.2) is 4.98 Å². The summed E-state index contributed by atoms with van der Waals surface area (Å²) in [5.74, 6) is 0.139. The van der Waals surface area contributed by atoms with Crippen LogP contribution in [0.2, 0.25) is 0 Å². The van der Waals surface area contributed by atoms with Gasteiger partial charge >= 0.3 is 0 Å². The number of hydrogen-bond acceptors (Lipinski definition) is 6. The van der Waals surface area contributed by atoms with Crippen LogP contribution in [0, 0.1) is 0 Å². The van der Waals surface area contributed by atoms with E-state index in [0.29, 0.717) is 38.4 Å². The lowest BCUT2D eigenvalue weighted by Crippen LogP contribution is -2.43. The quantitative estimate of drug-likeness (QED) is 0.919. The van der Waals surface area contributed by atoms with Gasteiger partial charge in [-0.15, -0.1) is 0 Å². The van der Waals surface area contributed by atoms with Crippen molar-refractivity contribution in [1.82, 2.24) is 9.97 Å². The molecule has 6 heteroatoms. The Balaban J connectivity index is 1.47. The molecule has 134 valence electrons. The molecule has 1 aliphatic carbocycles. The zero-order chi connectivity index (χ0) is 17.3. The van der Waals surface area contributed by atoms with Crippen molar-refractivity contribution >= 4 is 11.0 Å². The monoisotopic (exact) mass is 344 g/mol. The first-order valence-corrected chi connectivity index (χ1v) is 8.90. The number of rotatable bonds is 4. The fraction of sp³-hybridized carbons (Fsp3) is 0.579. The Hall–Kier alpha value is -1.76. The third-order valence-electron chi connectivity index (χ3n) is 5.47. The molecule has 25 heavy (non-hydrogen) atoms. The highest BCUT2D eigenvalue weighted by atomic mass is 16.7. The molecule has 0 amide bonds. The first kappa shape index (κ1) is 16.7. The zero-order valence-electron chi connectivity index (χ0n) is 14.5. The van der Waals surface area contributed by atoms with E-state index in [1.165, 1.54) is 0 Å². The van der Waals surface area contributed by atoms with Crippen molar-refractivity contribution in [1.29, 1.82) is 0 Å². The average Bonchev–Trinajstić information content (AvgIpc) is 3.11. The van der Waals surface area contributed by atoms with Crippen molar-refractivity contribution in [3.8, 4) is 5.88 Å². The SMILES string of the molecule is COc1ccc2nccc(CCC3(O)CCC4(CC3)OCCO4)c2n1. The van der Waals surface area contributed by atoms with Crippen molar-refractivity contribution in [2.24, 2.45) is 0 Å². The number of nitrogens with zero attached hydrogens (tertiary/aromatic N) is 2. The summed E-state index contributed by atoms with van der Waals surface area (Å²) in [6.07, 6.45) is 6.16. The van der Waals surface area contributed by atoms with Crippen LogP contribution in [0.15, 0.2) is 24.4 Å². The number of aromatic nitrogens is 2. The summed E-state index contributed by atoms with van der Waals surface area (Å²) in [7, 11) is 1.61. The predicted molar refractivity (Wildman–Crippen MR) is 92.5 cm³/mol. The van der Waals surface area contributed by atoms with Gasteiger partial charge in [0.1, 0.15) is 0 Å². The van der Waals surface area contributed by atoms with Crippen LogP contribution in [0.3, 0.4) is 0 Å². The van der Waals surface area contributed by atoms with E-state index in [9.17, 15) is 5.11 Å². The van der Waals surface area contributed by atoms with Crippen LogP contribution in [0.25, 0.3) is 11.0 Å². The number of aryl methyl sites for hydroxylation is 1. The first-order chi connectivity index (χ1) is 12.1. The molecule has 2 fully saturated rings. The molecule has 2 aliphatic rings. The normalized spacial score (nSPS) is 21.7. The lowest BCUT2D eigenvalue weighted by Gasteiger charge is -2.40. The van der Waals surface area contributed by atoms with Gasteiger partial charge in [0.25, 0.3) is 0 Å². The van der Waals surface area contributed by atoms with E-state index < -0.39 is 11.4 Å². The topological polar surface area (TPSA) is 73.7 Å². The second-order valence-corrected chi connectivity index (χ2v) is 7.02. The summed E-state index contributed by atoms with van der Waals surface area (Å²) < 4.78 is 16.7. The van der Waals surface area contributed by atoms with E-state index in [0.717, 1.165) is 35.9 Å². The van der Waals surface area contributed by atoms with Gasteiger partial charge in [-0.05, 0) is 43.4 Å². The molecule has 1 N–H and O–H groups in total. The third kappa shape index (κ3) is 3.34. The van der Waals surface area contributed by atoms with Gasteiger partial charge in [-0.1, -0.05) is 0 Å². The molecule has 0 aromatic carbocycles. The number of hydrogen-bond donors (Lipinski definition) is 1. The number of methoxy groups -OCH3 is 1. The minimum atomic E-state index is -0.672. The van der Waals surface area contributed by atoms with E-state index >= 15 is 0 Å². The van der Waals surface area contributed by atoms with E-state index in [1.54, 1.807) is 13.3 Å². The van der Waals surface area contributed by atoms with E-state index in [-0.39, 0.29) is 0 Å². The molecule has 1 saturated heterocycles. The van der Waals surface area contributed by atoms with Gasteiger partial charge in [0.2, 0.25) is 5.88 Å². The predicted octanol–water partition coefficient (Wildman–Crippen LogP) is 2.62. The first-order valence-electron chi connectivity index (χ1n) is 8.90. The van der Waals surface area contributed by atoms with Crippen molar-refractivity contribution in [2.45, 2.75) is 49.9 Å². The molecule has 0 unspecified atom stereocenters. The molecule has 1 spiro atoms. The van der Waals surface area contributed by atoms with E-state index in [2.05, 4.69) is 9.97 Å². The fourth-order valence-electron chi connectivity index (χ4n) is 3.88. The molecule has 2 aromatic heterocycles. The Bertz CT molecular complexity index is 748. The highest BCUT2D eigenvalue weighted by molar-refractivity contribution is 5.78. The molecular weight excluding hydrogens is 320 g/mol. The Labute approximate surface area is 147 Å². The highest BCUT2D eigenvalue weighted by Crippen LogP contribution is 2.42. The molecule has 1 aliphatic heterocycles. The summed E-state index contributed by atoms with van der Waals surface area (Å²) in [4.78, 5) is 8.90. The molecule has 3 heterocycles. The number of pyridine rings is 2. The lowest BCUT2D eigenvalue weighted by molar-refractivity contribution is -0.203. The maximum atomic E-state index is 11.0. The zero-order valence-corrected chi connectivity index (χ0v) is 14.5. The Morgan fingerprint density at radius 3 is 2.60 bits per heavy atom. The summed E-state index contributed by atoms with van der Waals surface area (Å²) in [6, 6.07) is 5.71. The van der Waals surface area contributed by atoms with Crippen LogP contribution in [0.5, 0.6) is 5.88 Å². The van der Waals surface area contributed by atoms with E-state index in [1.807, 2.05) is 18.2 Å². The maximum absolute atomic E-state index is 11.0.